The molecule has 0 aliphatic carbocycles. The molecule has 0 fully saturated rings. The van der Waals surface area contributed by atoms with E-state index in [1.54, 1.807) is 11.3 Å². The minimum atomic E-state index is 0.356. The van der Waals surface area contributed by atoms with Gasteiger partial charge < -0.3 is 5.32 Å². The van der Waals surface area contributed by atoms with Gasteiger partial charge in [-0.25, -0.2) is 0 Å². The molecule has 1 N–H and O–H groups in total. The lowest BCUT2D eigenvalue weighted by molar-refractivity contribution is 0.579. The van der Waals surface area contributed by atoms with Crippen LogP contribution in [-0.4, -0.2) is 16.8 Å². The molecule has 0 aliphatic rings. The number of hydrogen-bond acceptors (Lipinski definition) is 3. The fourth-order valence-electron chi connectivity index (χ4n) is 1.67. The van der Waals surface area contributed by atoms with Crippen LogP contribution in [0.5, 0.6) is 0 Å². The molecule has 0 spiro atoms. The zero-order valence-corrected chi connectivity index (χ0v) is 12.2. The van der Waals surface area contributed by atoms with Gasteiger partial charge in [0.1, 0.15) is 0 Å². The molecule has 2 heterocycles. The molecule has 2 aromatic rings. The average molecular weight is 347 g/mol. The van der Waals surface area contributed by atoms with Gasteiger partial charge in [-0.1, -0.05) is 0 Å². The van der Waals surface area contributed by atoms with Crippen LogP contribution in [0, 0.1) is 2.88 Å². The molecule has 0 aliphatic heterocycles. The summed E-state index contributed by atoms with van der Waals surface area (Å²) >= 11 is 4.14. The van der Waals surface area contributed by atoms with Crippen LogP contribution in [0.2, 0.25) is 0 Å². The Balaban J connectivity index is 2.12. The van der Waals surface area contributed by atoms with Crippen molar-refractivity contribution in [2.24, 2.45) is 7.05 Å². The Morgan fingerprint density at radius 1 is 1.62 bits per heavy atom. The number of hydrogen-bond donors (Lipinski definition) is 1. The first-order valence-corrected chi connectivity index (χ1v) is 7.04. The van der Waals surface area contributed by atoms with Gasteiger partial charge in [-0.05, 0) is 52.7 Å². The van der Waals surface area contributed by atoms with Crippen LogP contribution in [-0.2, 0) is 13.5 Å². The summed E-state index contributed by atoms with van der Waals surface area (Å²) in [7, 11) is 3.95. The van der Waals surface area contributed by atoms with E-state index in [1.165, 1.54) is 8.45 Å². The summed E-state index contributed by atoms with van der Waals surface area (Å²) in [5, 5.41) is 9.97. The standard InChI is InChI=1S/C11H14IN3S/c1-13-10(8-5-11(12)16-7-8)6-9-3-4-15(2)14-9/h3-5,7,10,13H,6H2,1-2H3. The quantitative estimate of drug-likeness (QED) is 0.862. The highest BCUT2D eigenvalue weighted by Gasteiger charge is 2.13. The molecule has 3 nitrogen and oxygen atoms in total. The van der Waals surface area contributed by atoms with Crippen LogP contribution in [0.4, 0.5) is 0 Å². The third-order valence-corrected chi connectivity index (χ3v) is 4.33. The number of aromatic nitrogens is 2. The van der Waals surface area contributed by atoms with Crippen molar-refractivity contribution in [2.75, 3.05) is 7.05 Å². The number of halogens is 1. The summed E-state index contributed by atoms with van der Waals surface area (Å²) in [6.45, 7) is 0. The Morgan fingerprint density at radius 2 is 2.44 bits per heavy atom. The van der Waals surface area contributed by atoms with Crippen molar-refractivity contribution in [1.82, 2.24) is 15.1 Å². The molecule has 5 heteroatoms. The fourth-order valence-corrected chi connectivity index (χ4v) is 3.10. The first-order valence-electron chi connectivity index (χ1n) is 5.09. The van der Waals surface area contributed by atoms with E-state index in [0.717, 1.165) is 12.1 Å². The maximum Gasteiger partial charge on any atom is 0.0656 e. The molecule has 0 radical (unpaired) electrons. The van der Waals surface area contributed by atoms with E-state index in [-0.39, 0.29) is 0 Å². The summed E-state index contributed by atoms with van der Waals surface area (Å²) in [4.78, 5) is 0. The Kier molecular flexibility index (Phi) is 3.99. The van der Waals surface area contributed by atoms with E-state index >= 15 is 0 Å². The summed E-state index contributed by atoms with van der Waals surface area (Å²) in [6.07, 6.45) is 2.92. The van der Waals surface area contributed by atoms with E-state index in [9.17, 15) is 0 Å². The van der Waals surface area contributed by atoms with Crippen LogP contribution in [0.25, 0.3) is 0 Å². The maximum absolute atomic E-state index is 4.41. The SMILES string of the molecule is CNC(Cc1ccn(C)n1)c1csc(I)c1. The average Bonchev–Trinajstić information content (AvgIpc) is 2.84. The molecule has 1 unspecified atom stereocenters. The predicted molar refractivity (Wildman–Crippen MR) is 75.7 cm³/mol. The second kappa shape index (κ2) is 5.29. The lowest BCUT2D eigenvalue weighted by atomic mass is 10.1. The van der Waals surface area contributed by atoms with E-state index in [2.05, 4.69) is 50.5 Å². The van der Waals surface area contributed by atoms with E-state index in [0.29, 0.717) is 6.04 Å². The maximum atomic E-state index is 4.41. The molecule has 2 rings (SSSR count). The second-order valence-corrected chi connectivity index (χ2v) is 6.52. The van der Waals surface area contributed by atoms with Crippen LogP contribution in [0.3, 0.4) is 0 Å². The molecular formula is C11H14IN3S. The number of nitrogens with zero attached hydrogens (tertiary/aromatic N) is 2. The normalized spacial score (nSPS) is 12.9. The lowest BCUT2D eigenvalue weighted by Gasteiger charge is -2.13. The largest absolute Gasteiger partial charge is 0.313 e. The number of thiophene rings is 1. The Bertz CT molecular complexity index is 463. The van der Waals surface area contributed by atoms with Gasteiger partial charge in [0.05, 0.1) is 8.58 Å². The van der Waals surface area contributed by atoms with Gasteiger partial charge in [0.2, 0.25) is 0 Å². The molecule has 0 amide bonds. The molecule has 0 bridgehead atoms. The molecular weight excluding hydrogens is 333 g/mol. The summed E-state index contributed by atoms with van der Waals surface area (Å²) in [5.41, 5.74) is 2.48. The lowest BCUT2D eigenvalue weighted by Crippen LogP contribution is -2.18. The van der Waals surface area contributed by atoms with Crippen molar-refractivity contribution in [3.8, 4) is 0 Å². The van der Waals surface area contributed by atoms with Crippen LogP contribution in [0.15, 0.2) is 23.7 Å². The Hall–Kier alpha value is -0.400. The van der Waals surface area contributed by atoms with Gasteiger partial charge in [-0.2, -0.15) is 5.10 Å². The molecule has 0 saturated heterocycles. The number of aryl methyl sites for hydroxylation is 1. The van der Waals surface area contributed by atoms with Crippen molar-refractivity contribution in [1.29, 1.82) is 0 Å². The minimum absolute atomic E-state index is 0.356. The monoisotopic (exact) mass is 347 g/mol. The highest BCUT2D eigenvalue weighted by molar-refractivity contribution is 14.1. The number of likely N-dealkylation sites (N-methyl/N-ethyl adjacent to an activating group) is 1. The van der Waals surface area contributed by atoms with Crippen molar-refractivity contribution in [2.45, 2.75) is 12.5 Å². The van der Waals surface area contributed by atoms with Crippen LogP contribution in [0.1, 0.15) is 17.3 Å². The molecule has 86 valence electrons. The van der Waals surface area contributed by atoms with Crippen molar-refractivity contribution in [3.05, 3.63) is 37.9 Å². The molecule has 0 saturated carbocycles. The zero-order chi connectivity index (χ0) is 11.5. The highest BCUT2D eigenvalue weighted by atomic mass is 127. The first kappa shape index (κ1) is 12.1. The van der Waals surface area contributed by atoms with Gasteiger partial charge >= 0.3 is 0 Å². The third kappa shape index (κ3) is 2.83. The summed E-state index contributed by atoms with van der Waals surface area (Å²) < 4.78 is 3.17. The predicted octanol–water partition coefficient (Wildman–Crippen LogP) is 2.59. The zero-order valence-electron chi connectivity index (χ0n) is 9.27. The molecule has 0 aromatic carbocycles. The van der Waals surface area contributed by atoms with Crippen LogP contribution >= 0.6 is 33.9 Å². The summed E-state index contributed by atoms with van der Waals surface area (Å²) in [5.74, 6) is 0. The van der Waals surface area contributed by atoms with Crippen LogP contribution < -0.4 is 5.32 Å². The molecule has 2 aromatic heterocycles. The summed E-state index contributed by atoms with van der Waals surface area (Å²) in [6, 6.07) is 4.66. The van der Waals surface area contributed by atoms with Gasteiger partial charge in [-0.15, -0.1) is 11.3 Å². The van der Waals surface area contributed by atoms with E-state index in [4.69, 9.17) is 0 Å². The Labute approximate surface area is 113 Å². The fraction of sp³-hybridized carbons (Fsp3) is 0.364. The van der Waals surface area contributed by atoms with Gasteiger partial charge in [0, 0.05) is 25.7 Å². The van der Waals surface area contributed by atoms with E-state index in [1.807, 2.05) is 25.0 Å². The van der Waals surface area contributed by atoms with Gasteiger partial charge in [-0.3, -0.25) is 4.68 Å². The minimum Gasteiger partial charge on any atom is -0.313 e. The van der Waals surface area contributed by atoms with Gasteiger partial charge in [0.25, 0.3) is 0 Å². The number of nitrogens with one attached hydrogen (secondary N) is 1. The molecule has 1 atom stereocenters. The number of rotatable bonds is 4. The van der Waals surface area contributed by atoms with E-state index < -0.39 is 0 Å². The third-order valence-electron chi connectivity index (χ3n) is 2.52. The van der Waals surface area contributed by atoms with Crippen molar-refractivity contribution < 1.29 is 0 Å². The van der Waals surface area contributed by atoms with Gasteiger partial charge in [0.15, 0.2) is 0 Å². The first-order chi connectivity index (χ1) is 7.69. The second-order valence-electron chi connectivity index (χ2n) is 3.71. The topological polar surface area (TPSA) is 29.9 Å². The Morgan fingerprint density at radius 3 is 2.94 bits per heavy atom. The van der Waals surface area contributed by atoms with Crippen molar-refractivity contribution in [3.63, 3.8) is 0 Å². The van der Waals surface area contributed by atoms with Crippen molar-refractivity contribution >= 4 is 33.9 Å². The highest BCUT2D eigenvalue weighted by Crippen LogP contribution is 2.24. The molecule has 16 heavy (non-hydrogen) atoms. The smallest absolute Gasteiger partial charge is 0.0656 e.